The Hall–Kier alpha value is -0.120. The molecule has 0 aromatic heterocycles. The largest absolute Gasteiger partial charge is 0.381 e. The molecule has 94 valence electrons. The predicted octanol–water partition coefficient (Wildman–Crippen LogP) is 1.52. The molecule has 2 aliphatic rings. The summed E-state index contributed by atoms with van der Waals surface area (Å²) in [6.07, 6.45) is 6.24. The quantitative estimate of drug-likeness (QED) is 0.747. The second-order valence-corrected chi connectivity index (χ2v) is 5.65. The number of rotatable bonds is 5. The Kier molecular flexibility index (Phi) is 4.22. The van der Waals surface area contributed by atoms with Gasteiger partial charge in [-0.2, -0.15) is 0 Å². The fraction of sp³-hybridized carbons (Fsp3) is 1.00. The van der Waals surface area contributed by atoms with Crippen molar-refractivity contribution in [1.29, 1.82) is 0 Å². The Balaban J connectivity index is 1.81. The molecule has 2 atom stereocenters. The lowest BCUT2D eigenvalue weighted by atomic mass is 9.89. The van der Waals surface area contributed by atoms with Crippen LogP contribution >= 0.6 is 0 Å². The van der Waals surface area contributed by atoms with Gasteiger partial charge < -0.3 is 15.8 Å². The summed E-state index contributed by atoms with van der Waals surface area (Å²) in [5.41, 5.74) is 6.12. The van der Waals surface area contributed by atoms with E-state index in [-0.39, 0.29) is 5.54 Å². The molecule has 2 rings (SSSR count). The van der Waals surface area contributed by atoms with E-state index in [1.807, 2.05) is 0 Å². The molecule has 0 spiro atoms. The lowest BCUT2D eigenvalue weighted by Gasteiger charge is -2.33. The van der Waals surface area contributed by atoms with Crippen LogP contribution in [0.4, 0.5) is 0 Å². The summed E-state index contributed by atoms with van der Waals surface area (Å²) in [6, 6.07) is 0. The minimum absolute atomic E-state index is 0.152. The molecule has 1 heterocycles. The van der Waals surface area contributed by atoms with Crippen LogP contribution in [0.3, 0.4) is 0 Å². The van der Waals surface area contributed by atoms with Crippen molar-refractivity contribution in [3.8, 4) is 0 Å². The predicted molar refractivity (Wildman–Crippen MR) is 66.3 cm³/mol. The van der Waals surface area contributed by atoms with Crippen LogP contribution in [0.2, 0.25) is 0 Å². The third-order valence-corrected chi connectivity index (χ3v) is 4.29. The zero-order chi connectivity index (χ0) is 11.4. The van der Waals surface area contributed by atoms with Gasteiger partial charge in [-0.1, -0.05) is 6.92 Å². The molecule has 0 radical (unpaired) electrons. The molecule has 2 fully saturated rings. The molecular formula is C13H26N2O. The van der Waals surface area contributed by atoms with Gasteiger partial charge in [-0.05, 0) is 50.5 Å². The van der Waals surface area contributed by atoms with Gasteiger partial charge in [0.15, 0.2) is 0 Å². The van der Waals surface area contributed by atoms with Crippen LogP contribution in [0.5, 0.6) is 0 Å². The van der Waals surface area contributed by atoms with Gasteiger partial charge in [-0.3, -0.25) is 0 Å². The molecule has 3 heteroatoms. The summed E-state index contributed by atoms with van der Waals surface area (Å²) < 4.78 is 5.52. The van der Waals surface area contributed by atoms with Gasteiger partial charge in [0.1, 0.15) is 0 Å². The van der Waals surface area contributed by atoms with E-state index in [1.165, 1.54) is 19.3 Å². The highest BCUT2D eigenvalue weighted by molar-refractivity contribution is 4.92. The molecule has 2 unspecified atom stereocenters. The van der Waals surface area contributed by atoms with Crippen molar-refractivity contribution >= 4 is 0 Å². The lowest BCUT2D eigenvalue weighted by Crippen LogP contribution is -2.52. The smallest absolute Gasteiger partial charge is 0.0484 e. The van der Waals surface area contributed by atoms with Crippen LogP contribution in [-0.4, -0.2) is 31.8 Å². The number of hydrogen-bond acceptors (Lipinski definition) is 3. The third kappa shape index (κ3) is 3.19. The fourth-order valence-electron chi connectivity index (χ4n) is 2.67. The lowest BCUT2D eigenvalue weighted by molar-refractivity contribution is 0.136. The Morgan fingerprint density at radius 2 is 2.19 bits per heavy atom. The molecule has 16 heavy (non-hydrogen) atoms. The van der Waals surface area contributed by atoms with Gasteiger partial charge in [-0.25, -0.2) is 0 Å². The number of hydrogen-bond donors (Lipinski definition) is 2. The van der Waals surface area contributed by atoms with Gasteiger partial charge in [0.05, 0.1) is 0 Å². The summed E-state index contributed by atoms with van der Waals surface area (Å²) in [5.74, 6) is 1.79. The topological polar surface area (TPSA) is 47.3 Å². The summed E-state index contributed by atoms with van der Waals surface area (Å²) in [7, 11) is 0. The molecule has 3 nitrogen and oxygen atoms in total. The van der Waals surface area contributed by atoms with Crippen molar-refractivity contribution < 1.29 is 4.74 Å². The van der Waals surface area contributed by atoms with Crippen LogP contribution < -0.4 is 11.1 Å². The van der Waals surface area contributed by atoms with E-state index in [9.17, 15) is 0 Å². The molecule has 0 aromatic carbocycles. The highest BCUT2D eigenvalue weighted by Crippen LogP contribution is 2.36. The van der Waals surface area contributed by atoms with Crippen molar-refractivity contribution in [2.45, 2.75) is 44.6 Å². The zero-order valence-electron chi connectivity index (χ0n) is 10.5. The first-order valence-corrected chi connectivity index (χ1v) is 6.79. The van der Waals surface area contributed by atoms with Gasteiger partial charge in [-0.15, -0.1) is 0 Å². The Bertz CT molecular complexity index is 208. The maximum Gasteiger partial charge on any atom is 0.0484 e. The first kappa shape index (κ1) is 12.3. The Labute approximate surface area is 99.1 Å². The van der Waals surface area contributed by atoms with E-state index >= 15 is 0 Å². The van der Waals surface area contributed by atoms with E-state index in [0.717, 1.165) is 51.0 Å². The second kappa shape index (κ2) is 5.48. The molecule has 0 bridgehead atoms. The van der Waals surface area contributed by atoms with Crippen LogP contribution in [0.25, 0.3) is 0 Å². The summed E-state index contributed by atoms with van der Waals surface area (Å²) >= 11 is 0. The monoisotopic (exact) mass is 226 g/mol. The maximum absolute atomic E-state index is 5.97. The normalized spacial score (nSPS) is 33.4. The molecule has 1 aliphatic carbocycles. The van der Waals surface area contributed by atoms with Gasteiger partial charge in [0.25, 0.3) is 0 Å². The Morgan fingerprint density at radius 3 is 2.88 bits per heavy atom. The van der Waals surface area contributed by atoms with Crippen molar-refractivity contribution in [2.24, 2.45) is 17.6 Å². The molecule has 0 amide bonds. The first-order chi connectivity index (χ1) is 7.76. The van der Waals surface area contributed by atoms with Crippen LogP contribution in [0.1, 0.15) is 39.0 Å². The minimum Gasteiger partial charge on any atom is -0.381 e. The fourth-order valence-corrected chi connectivity index (χ4v) is 2.67. The van der Waals surface area contributed by atoms with E-state index in [1.54, 1.807) is 0 Å². The summed E-state index contributed by atoms with van der Waals surface area (Å²) in [6.45, 7) is 6.00. The first-order valence-electron chi connectivity index (χ1n) is 6.79. The third-order valence-electron chi connectivity index (χ3n) is 4.29. The second-order valence-electron chi connectivity index (χ2n) is 5.65. The van der Waals surface area contributed by atoms with Crippen LogP contribution in [-0.2, 0) is 4.74 Å². The molecule has 1 saturated heterocycles. The maximum atomic E-state index is 5.97. The van der Waals surface area contributed by atoms with E-state index in [0.29, 0.717) is 0 Å². The van der Waals surface area contributed by atoms with Crippen molar-refractivity contribution in [3.63, 3.8) is 0 Å². The Morgan fingerprint density at radius 1 is 1.38 bits per heavy atom. The van der Waals surface area contributed by atoms with Crippen LogP contribution in [0, 0.1) is 11.8 Å². The highest BCUT2D eigenvalue weighted by Gasteiger charge is 2.32. The minimum atomic E-state index is 0.152. The summed E-state index contributed by atoms with van der Waals surface area (Å²) in [5, 5.41) is 3.74. The molecule has 1 saturated carbocycles. The average molecular weight is 226 g/mol. The average Bonchev–Trinajstić information content (AvgIpc) is 3.13. The number of ether oxygens (including phenoxy) is 1. The van der Waals surface area contributed by atoms with E-state index in [4.69, 9.17) is 10.5 Å². The van der Waals surface area contributed by atoms with Crippen molar-refractivity contribution in [2.75, 3.05) is 26.3 Å². The molecule has 0 aromatic rings. The van der Waals surface area contributed by atoms with Gasteiger partial charge >= 0.3 is 0 Å². The van der Waals surface area contributed by atoms with Crippen molar-refractivity contribution in [1.82, 2.24) is 5.32 Å². The number of nitrogens with one attached hydrogen (secondary N) is 1. The van der Waals surface area contributed by atoms with Gasteiger partial charge in [0, 0.05) is 25.3 Å². The molecule has 3 N–H and O–H groups in total. The standard InChI is InChI=1S/C13H26N2O/c1-11(12-3-4-12)9-15-13(10-14)5-2-7-16-8-6-13/h11-12,15H,2-10,14H2,1H3. The molecule has 1 aliphatic heterocycles. The zero-order valence-corrected chi connectivity index (χ0v) is 10.5. The number of nitrogens with two attached hydrogens (primary N) is 1. The molecular weight excluding hydrogens is 200 g/mol. The van der Waals surface area contributed by atoms with E-state index < -0.39 is 0 Å². The SMILES string of the molecule is CC(CNC1(CN)CCCOCC1)C1CC1. The highest BCUT2D eigenvalue weighted by atomic mass is 16.5. The van der Waals surface area contributed by atoms with Crippen LogP contribution in [0.15, 0.2) is 0 Å². The van der Waals surface area contributed by atoms with E-state index in [2.05, 4.69) is 12.2 Å². The summed E-state index contributed by atoms with van der Waals surface area (Å²) in [4.78, 5) is 0. The van der Waals surface area contributed by atoms with Crippen molar-refractivity contribution in [3.05, 3.63) is 0 Å². The van der Waals surface area contributed by atoms with Gasteiger partial charge in [0.2, 0.25) is 0 Å².